The number of pyridine rings is 1. The quantitative estimate of drug-likeness (QED) is 0.787. The average Bonchev–Trinajstić information content (AvgIpc) is 2.93. The number of thiazole rings is 1. The van der Waals surface area contributed by atoms with E-state index in [2.05, 4.69) is 9.97 Å². The number of ether oxygens (including phenoxy) is 2. The van der Waals surface area contributed by atoms with Crippen LogP contribution >= 0.6 is 11.3 Å². The molecule has 3 heterocycles. The number of rotatable bonds is 5. The summed E-state index contributed by atoms with van der Waals surface area (Å²) in [6, 6.07) is 3.59. The van der Waals surface area contributed by atoms with Crippen LogP contribution in [-0.4, -0.2) is 35.1 Å². The Hall–Kier alpha value is -1.79. The molecule has 6 heteroatoms. The molecule has 1 atom stereocenters. The minimum Gasteiger partial charge on any atom is -0.488 e. The van der Waals surface area contributed by atoms with Crippen LogP contribution in [0.2, 0.25) is 0 Å². The fourth-order valence-corrected chi connectivity index (χ4v) is 3.33. The minimum atomic E-state index is -0.0344. The lowest BCUT2D eigenvalue weighted by atomic mass is 10.1. The lowest BCUT2D eigenvalue weighted by molar-refractivity contribution is 0.00734. The maximum atomic E-state index is 12.4. The second-order valence-electron chi connectivity index (χ2n) is 5.77. The average molecular weight is 332 g/mol. The molecule has 2 aromatic heterocycles. The molecule has 0 N–H and O–H groups in total. The summed E-state index contributed by atoms with van der Waals surface area (Å²) in [6.07, 6.45) is 2.31. The maximum absolute atomic E-state index is 12.4. The van der Waals surface area contributed by atoms with Crippen LogP contribution in [0, 0.1) is 13.8 Å². The Morgan fingerprint density at radius 3 is 2.91 bits per heavy atom. The Labute approximate surface area is 139 Å². The predicted molar refractivity (Wildman–Crippen MR) is 88.3 cm³/mol. The van der Waals surface area contributed by atoms with E-state index in [9.17, 15) is 4.79 Å². The van der Waals surface area contributed by atoms with Crippen LogP contribution in [0.1, 0.15) is 39.7 Å². The van der Waals surface area contributed by atoms with Crippen molar-refractivity contribution in [3.05, 3.63) is 39.6 Å². The molecule has 0 spiro atoms. The number of nitrogens with zero attached hydrogens (tertiary/aromatic N) is 2. The number of aryl methyl sites for hydroxylation is 2. The third-order valence-electron chi connectivity index (χ3n) is 3.61. The van der Waals surface area contributed by atoms with E-state index in [1.807, 2.05) is 25.3 Å². The molecule has 0 aliphatic carbocycles. The first kappa shape index (κ1) is 16.1. The Kier molecular flexibility index (Phi) is 5.03. The van der Waals surface area contributed by atoms with Gasteiger partial charge in [-0.1, -0.05) is 0 Å². The van der Waals surface area contributed by atoms with E-state index >= 15 is 0 Å². The first-order chi connectivity index (χ1) is 11.1. The molecule has 5 nitrogen and oxygen atoms in total. The van der Waals surface area contributed by atoms with Crippen molar-refractivity contribution in [3.63, 3.8) is 0 Å². The van der Waals surface area contributed by atoms with Gasteiger partial charge in [0.2, 0.25) is 0 Å². The van der Waals surface area contributed by atoms with Gasteiger partial charge in [0.15, 0.2) is 5.78 Å². The summed E-state index contributed by atoms with van der Waals surface area (Å²) in [4.78, 5) is 21.1. The Morgan fingerprint density at radius 2 is 2.22 bits per heavy atom. The van der Waals surface area contributed by atoms with Gasteiger partial charge in [0.1, 0.15) is 22.6 Å². The Balaban J connectivity index is 1.72. The van der Waals surface area contributed by atoms with Gasteiger partial charge in [-0.05, 0) is 26.7 Å². The highest BCUT2D eigenvalue weighted by molar-refractivity contribution is 7.09. The van der Waals surface area contributed by atoms with Crippen LogP contribution in [0.4, 0.5) is 0 Å². The Morgan fingerprint density at radius 1 is 1.35 bits per heavy atom. The molecule has 23 heavy (non-hydrogen) atoms. The van der Waals surface area contributed by atoms with Crippen molar-refractivity contribution in [2.45, 2.75) is 39.2 Å². The molecular formula is C17H20N2O3S. The summed E-state index contributed by atoms with van der Waals surface area (Å²) in [7, 11) is 0. The predicted octanol–water partition coefficient (Wildman–Crippen LogP) is 3.14. The zero-order valence-corrected chi connectivity index (χ0v) is 14.2. The van der Waals surface area contributed by atoms with Gasteiger partial charge in [-0.2, -0.15) is 0 Å². The van der Waals surface area contributed by atoms with Crippen LogP contribution in [0.25, 0.3) is 0 Å². The topological polar surface area (TPSA) is 61.3 Å². The number of ketones is 1. The summed E-state index contributed by atoms with van der Waals surface area (Å²) >= 11 is 1.50. The smallest absolute Gasteiger partial charge is 0.188 e. The first-order valence-electron chi connectivity index (χ1n) is 7.77. The molecule has 0 aromatic carbocycles. The van der Waals surface area contributed by atoms with Crippen LogP contribution in [-0.2, 0) is 11.2 Å². The summed E-state index contributed by atoms with van der Waals surface area (Å²) in [5.74, 6) is 0.652. The van der Waals surface area contributed by atoms with Gasteiger partial charge in [-0.15, -0.1) is 11.3 Å². The van der Waals surface area contributed by atoms with Gasteiger partial charge in [0.05, 0.1) is 13.0 Å². The molecular weight excluding hydrogens is 312 g/mol. The fraction of sp³-hybridized carbons (Fsp3) is 0.471. The molecule has 1 aliphatic rings. The van der Waals surface area contributed by atoms with Crippen LogP contribution in [0.15, 0.2) is 17.5 Å². The van der Waals surface area contributed by atoms with Gasteiger partial charge in [0.25, 0.3) is 0 Å². The molecule has 122 valence electrons. The van der Waals surface area contributed by atoms with Crippen LogP contribution in [0.5, 0.6) is 5.75 Å². The lowest BCUT2D eigenvalue weighted by Crippen LogP contribution is -2.28. The van der Waals surface area contributed by atoms with E-state index in [4.69, 9.17) is 9.47 Å². The zero-order valence-electron chi connectivity index (χ0n) is 13.4. The normalized spacial score (nSPS) is 17.9. The zero-order chi connectivity index (χ0) is 16.2. The van der Waals surface area contributed by atoms with Crippen LogP contribution < -0.4 is 4.74 Å². The number of carbonyl (C=O) groups excluding carboxylic acids is 1. The number of carbonyl (C=O) groups is 1. The molecule has 0 bridgehead atoms. The van der Waals surface area contributed by atoms with E-state index in [1.165, 1.54) is 11.3 Å². The molecule has 1 saturated heterocycles. The molecule has 2 aromatic rings. The van der Waals surface area contributed by atoms with E-state index in [0.29, 0.717) is 18.1 Å². The molecule has 1 fully saturated rings. The highest BCUT2D eigenvalue weighted by Crippen LogP contribution is 2.20. The number of hydrogen-bond donors (Lipinski definition) is 0. The highest BCUT2D eigenvalue weighted by Gasteiger charge is 2.18. The molecule has 0 unspecified atom stereocenters. The van der Waals surface area contributed by atoms with Gasteiger partial charge in [-0.25, -0.2) is 9.97 Å². The summed E-state index contributed by atoms with van der Waals surface area (Å²) in [5.41, 5.74) is 2.15. The van der Waals surface area contributed by atoms with Gasteiger partial charge in [-0.3, -0.25) is 4.79 Å². The standard InChI is InChI=1S/C17H20N2O3S/c1-11-6-14(22-13-4-3-5-21-9-13)7-15(18-11)16(20)8-17-19-12(2)10-23-17/h6-7,10,13H,3-5,8-9H2,1-2H3/t13-/m1/s1. The first-order valence-corrected chi connectivity index (χ1v) is 8.65. The van der Waals surface area contributed by atoms with Crippen molar-refractivity contribution >= 4 is 17.1 Å². The van der Waals surface area contributed by atoms with E-state index in [-0.39, 0.29) is 18.3 Å². The van der Waals surface area contributed by atoms with Gasteiger partial charge >= 0.3 is 0 Å². The largest absolute Gasteiger partial charge is 0.488 e. The second-order valence-corrected chi connectivity index (χ2v) is 6.71. The number of aromatic nitrogens is 2. The molecule has 3 rings (SSSR count). The van der Waals surface area contributed by atoms with Crippen molar-refractivity contribution in [2.24, 2.45) is 0 Å². The maximum Gasteiger partial charge on any atom is 0.188 e. The van der Waals surface area contributed by atoms with Crippen LogP contribution in [0.3, 0.4) is 0 Å². The number of Topliss-reactive ketones (excluding diaryl/α,β-unsaturated/α-hetero) is 1. The fourth-order valence-electron chi connectivity index (χ4n) is 2.56. The third kappa shape index (κ3) is 4.36. The van der Waals surface area contributed by atoms with Crippen molar-refractivity contribution in [1.82, 2.24) is 9.97 Å². The lowest BCUT2D eigenvalue weighted by Gasteiger charge is -2.23. The van der Waals surface area contributed by atoms with Gasteiger partial charge in [0, 0.05) is 35.5 Å². The molecule has 0 saturated carbocycles. The highest BCUT2D eigenvalue weighted by atomic mass is 32.1. The third-order valence-corrected chi connectivity index (χ3v) is 4.58. The van der Waals surface area contributed by atoms with E-state index in [0.717, 1.165) is 35.8 Å². The number of hydrogen-bond acceptors (Lipinski definition) is 6. The van der Waals surface area contributed by atoms with Crippen molar-refractivity contribution in [1.29, 1.82) is 0 Å². The monoisotopic (exact) mass is 332 g/mol. The minimum absolute atomic E-state index is 0.0344. The SMILES string of the molecule is Cc1cc(O[C@@H]2CCCOC2)cc(C(=O)Cc2nc(C)cs2)n1. The second kappa shape index (κ2) is 7.19. The Bertz CT molecular complexity index is 693. The van der Waals surface area contributed by atoms with Gasteiger partial charge < -0.3 is 9.47 Å². The summed E-state index contributed by atoms with van der Waals surface area (Å²) < 4.78 is 11.4. The molecule has 1 aliphatic heterocycles. The van der Waals surface area contributed by atoms with Crippen molar-refractivity contribution in [3.8, 4) is 5.75 Å². The van der Waals surface area contributed by atoms with Crippen molar-refractivity contribution < 1.29 is 14.3 Å². The summed E-state index contributed by atoms with van der Waals surface area (Å²) in [5, 5.41) is 2.77. The van der Waals surface area contributed by atoms with E-state index in [1.54, 1.807) is 6.07 Å². The molecule has 0 radical (unpaired) electrons. The van der Waals surface area contributed by atoms with Crippen molar-refractivity contribution in [2.75, 3.05) is 13.2 Å². The molecule has 0 amide bonds. The van der Waals surface area contributed by atoms with E-state index < -0.39 is 0 Å². The summed E-state index contributed by atoms with van der Waals surface area (Å²) in [6.45, 7) is 5.19.